The van der Waals surface area contributed by atoms with Crippen molar-refractivity contribution < 1.29 is 4.74 Å². The quantitative estimate of drug-likeness (QED) is 0.856. The smallest absolute Gasteiger partial charge is 0.119 e. The van der Waals surface area contributed by atoms with Gasteiger partial charge in [0.25, 0.3) is 0 Å². The van der Waals surface area contributed by atoms with Crippen molar-refractivity contribution in [2.45, 2.75) is 19.5 Å². The van der Waals surface area contributed by atoms with Crippen molar-refractivity contribution in [2.24, 2.45) is 5.73 Å². The first kappa shape index (κ1) is 11.7. The molecule has 0 aliphatic carbocycles. The third kappa shape index (κ3) is 3.32. The Morgan fingerprint density at radius 2 is 2.12 bits per heavy atom. The average Bonchev–Trinajstić information content (AvgIpc) is 2.83. The van der Waals surface area contributed by atoms with Gasteiger partial charge in [-0.25, -0.2) is 4.98 Å². The molecule has 4 nitrogen and oxygen atoms in total. The lowest BCUT2D eigenvalue weighted by molar-refractivity contribution is 0.298. The second-order valence-corrected chi connectivity index (χ2v) is 4.01. The molecule has 90 valence electrons. The highest BCUT2D eigenvalue weighted by Crippen LogP contribution is 2.15. The third-order valence-corrected chi connectivity index (χ3v) is 2.58. The molecular formula is C13H17N3O. The molecule has 4 heteroatoms. The van der Waals surface area contributed by atoms with E-state index in [1.165, 1.54) is 0 Å². The molecule has 0 aliphatic rings. The van der Waals surface area contributed by atoms with Crippen LogP contribution in [0.15, 0.2) is 43.0 Å². The summed E-state index contributed by atoms with van der Waals surface area (Å²) < 4.78 is 7.61. The number of hydrogen-bond acceptors (Lipinski definition) is 3. The van der Waals surface area contributed by atoms with Crippen LogP contribution >= 0.6 is 0 Å². The molecule has 1 heterocycles. The molecule has 0 saturated heterocycles. The minimum absolute atomic E-state index is 0.0648. The van der Waals surface area contributed by atoms with Gasteiger partial charge in [0.15, 0.2) is 0 Å². The summed E-state index contributed by atoms with van der Waals surface area (Å²) in [7, 11) is 0. The van der Waals surface area contributed by atoms with Gasteiger partial charge in [-0.15, -0.1) is 0 Å². The highest BCUT2D eigenvalue weighted by molar-refractivity contribution is 5.28. The van der Waals surface area contributed by atoms with Crippen molar-refractivity contribution in [3.05, 3.63) is 48.5 Å². The van der Waals surface area contributed by atoms with Gasteiger partial charge in [0.2, 0.25) is 0 Å². The maximum atomic E-state index is 5.78. The number of imidazole rings is 1. The van der Waals surface area contributed by atoms with Crippen LogP contribution in [0.25, 0.3) is 0 Å². The zero-order valence-corrected chi connectivity index (χ0v) is 9.91. The van der Waals surface area contributed by atoms with Crippen LogP contribution in [0, 0.1) is 0 Å². The Bertz CT molecular complexity index is 434. The van der Waals surface area contributed by atoms with Crippen LogP contribution in [0.2, 0.25) is 0 Å². The first-order chi connectivity index (χ1) is 8.25. The van der Waals surface area contributed by atoms with Gasteiger partial charge < -0.3 is 15.0 Å². The molecule has 0 aliphatic heterocycles. The van der Waals surface area contributed by atoms with E-state index in [0.29, 0.717) is 6.61 Å². The minimum atomic E-state index is 0.0648. The Morgan fingerprint density at radius 1 is 1.35 bits per heavy atom. The van der Waals surface area contributed by atoms with Crippen LogP contribution in [0.5, 0.6) is 5.75 Å². The standard InChI is InChI=1S/C13H17N3O/c1-11(14)12-2-4-13(5-3-12)17-9-8-16-7-6-15-10-16/h2-7,10-11H,8-9,14H2,1H3/t11-/m0/s1. The van der Waals surface area contributed by atoms with Crippen LogP contribution in [0.3, 0.4) is 0 Å². The van der Waals surface area contributed by atoms with Crippen LogP contribution in [-0.4, -0.2) is 16.2 Å². The number of ether oxygens (including phenoxy) is 1. The van der Waals surface area contributed by atoms with Crippen LogP contribution in [-0.2, 0) is 6.54 Å². The Balaban J connectivity index is 1.83. The molecule has 2 aromatic rings. The van der Waals surface area contributed by atoms with Crippen LogP contribution in [0.1, 0.15) is 18.5 Å². The van der Waals surface area contributed by atoms with E-state index >= 15 is 0 Å². The first-order valence-electron chi connectivity index (χ1n) is 5.70. The van der Waals surface area contributed by atoms with Crippen molar-refractivity contribution in [1.29, 1.82) is 0 Å². The van der Waals surface area contributed by atoms with Gasteiger partial charge in [0.1, 0.15) is 12.4 Å². The fourth-order valence-electron chi connectivity index (χ4n) is 1.56. The number of benzene rings is 1. The summed E-state index contributed by atoms with van der Waals surface area (Å²) in [5, 5.41) is 0. The summed E-state index contributed by atoms with van der Waals surface area (Å²) in [5.74, 6) is 0.870. The monoisotopic (exact) mass is 231 g/mol. The number of hydrogen-bond donors (Lipinski definition) is 1. The van der Waals surface area contributed by atoms with Gasteiger partial charge in [0, 0.05) is 18.4 Å². The summed E-state index contributed by atoms with van der Waals surface area (Å²) in [5.41, 5.74) is 6.89. The van der Waals surface area contributed by atoms with Gasteiger partial charge in [0.05, 0.1) is 12.9 Å². The van der Waals surface area contributed by atoms with Gasteiger partial charge in [-0.2, -0.15) is 0 Å². The molecule has 0 fully saturated rings. The van der Waals surface area contributed by atoms with E-state index < -0.39 is 0 Å². The summed E-state index contributed by atoms with van der Waals surface area (Å²) in [6, 6.07) is 7.96. The highest BCUT2D eigenvalue weighted by atomic mass is 16.5. The molecule has 2 rings (SSSR count). The van der Waals surface area contributed by atoms with E-state index in [1.54, 1.807) is 12.5 Å². The largest absolute Gasteiger partial charge is 0.492 e. The first-order valence-corrected chi connectivity index (χ1v) is 5.70. The Hall–Kier alpha value is -1.81. The van der Waals surface area contributed by atoms with E-state index in [9.17, 15) is 0 Å². The second kappa shape index (κ2) is 5.50. The van der Waals surface area contributed by atoms with Crippen LogP contribution in [0.4, 0.5) is 0 Å². The molecule has 1 atom stereocenters. The zero-order valence-electron chi connectivity index (χ0n) is 9.91. The van der Waals surface area contributed by atoms with Crippen LogP contribution < -0.4 is 10.5 Å². The molecule has 0 saturated carbocycles. The lowest BCUT2D eigenvalue weighted by Crippen LogP contribution is -2.07. The van der Waals surface area contributed by atoms with E-state index in [-0.39, 0.29) is 6.04 Å². The predicted molar refractivity (Wildman–Crippen MR) is 66.8 cm³/mol. The zero-order chi connectivity index (χ0) is 12.1. The lowest BCUT2D eigenvalue weighted by atomic mass is 10.1. The van der Waals surface area contributed by atoms with Gasteiger partial charge in [-0.3, -0.25) is 0 Å². The summed E-state index contributed by atoms with van der Waals surface area (Å²) in [4.78, 5) is 3.97. The number of aromatic nitrogens is 2. The minimum Gasteiger partial charge on any atom is -0.492 e. The van der Waals surface area contributed by atoms with Crippen molar-refractivity contribution in [3.63, 3.8) is 0 Å². The molecular weight excluding hydrogens is 214 g/mol. The average molecular weight is 231 g/mol. The van der Waals surface area contributed by atoms with E-state index in [0.717, 1.165) is 17.9 Å². The fraction of sp³-hybridized carbons (Fsp3) is 0.308. The molecule has 2 N–H and O–H groups in total. The maximum absolute atomic E-state index is 5.78. The highest BCUT2D eigenvalue weighted by Gasteiger charge is 1.99. The van der Waals surface area contributed by atoms with Crippen molar-refractivity contribution in [3.8, 4) is 5.75 Å². The van der Waals surface area contributed by atoms with Crippen molar-refractivity contribution in [1.82, 2.24) is 9.55 Å². The Labute approximate surface area is 101 Å². The Kier molecular flexibility index (Phi) is 3.77. The fourth-order valence-corrected chi connectivity index (χ4v) is 1.56. The second-order valence-electron chi connectivity index (χ2n) is 4.01. The summed E-state index contributed by atoms with van der Waals surface area (Å²) in [6.07, 6.45) is 5.46. The van der Waals surface area contributed by atoms with Gasteiger partial charge >= 0.3 is 0 Å². The normalized spacial score (nSPS) is 12.4. The molecule has 0 spiro atoms. The third-order valence-electron chi connectivity index (χ3n) is 2.58. The maximum Gasteiger partial charge on any atom is 0.119 e. The van der Waals surface area contributed by atoms with Gasteiger partial charge in [-0.05, 0) is 24.6 Å². The molecule has 0 radical (unpaired) electrons. The van der Waals surface area contributed by atoms with Crippen molar-refractivity contribution >= 4 is 0 Å². The molecule has 1 aromatic heterocycles. The topological polar surface area (TPSA) is 53.1 Å². The van der Waals surface area contributed by atoms with Crippen molar-refractivity contribution in [2.75, 3.05) is 6.61 Å². The number of nitrogens with zero attached hydrogens (tertiary/aromatic N) is 2. The predicted octanol–water partition coefficient (Wildman–Crippen LogP) is 1.98. The molecule has 0 amide bonds. The Morgan fingerprint density at radius 3 is 2.71 bits per heavy atom. The molecule has 0 unspecified atom stereocenters. The SMILES string of the molecule is C[C@H](N)c1ccc(OCCn2ccnc2)cc1. The number of nitrogens with two attached hydrogens (primary N) is 1. The summed E-state index contributed by atoms with van der Waals surface area (Å²) >= 11 is 0. The van der Waals surface area contributed by atoms with E-state index in [1.807, 2.05) is 42.0 Å². The molecule has 1 aromatic carbocycles. The molecule has 17 heavy (non-hydrogen) atoms. The van der Waals surface area contributed by atoms with E-state index in [4.69, 9.17) is 10.5 Å². The molecule has 0 bridgehead atoms. The number of rotatable bonds is 5. The lowest BCUT2D eigenvalue weighted by Gasteiger charge is -2.09. The van der Waals surface area contributed by atoms with E-state index in [2.05, 4.69) is 4.98 Å². The summed E-state index contributed by atoms with van der Waals surface area (Å²) in [6.45, 7) is 3.40. The van der Waals surface area contributed by atoms with Gasteiger partial charge in [-0.1, -0.05) is 12.1 Å².